The van der Waals surface area contributed by atoms with Gasteiger partial charge in [-0.05, 0) is 63.0 Å². The number of aliphatic hydroxyl groups is 1. The second-order valence-corrected chi connectivity index (χ2v) is 5.55. The molecule has 96 valence electrons. The quantitative estimate of drug-likeness (QED) is 0.856. The molecule has 1 aromatic carbocycles. The van der Waals surface area contributed by atoms with Crippen molar-refractivity contribution in [1.82, 2.24) is 0 Å². The summed E-state index contributed by atoms with van der Waals surface area (Å²) in [6.07, 6.45) is -0.616. The van der Waals surface area contributed by atoms with Gasteiger partial charge in [0.05, 0.1) is 11.6 Å². The minimum Gasteiger partial charge on any atom is -0.496 e. The Hall–Kier alpha value is -0.780. The van der Waals surface area contributed by atoms with Gasteiger partial charge in [0, 0.05) is 10.0 Å². The summed E-state index contributed by atoms with van der Waals surface area (Å²) in [5, 5.41) is 9.46. The number of rotatable bonds is 3. The van der Waals surface area contributed by atoms with Crippen LogP contribution in [0.5, 0.6) is 5.75 Å². The molecule has 1 atom stereocenters. The molecular formula is C13H12Br2O3. The summed E-state index contributed by atoms with van der Waals surface area (Å²) in [4.78, 5) is 0. The number of furan rings is 1. The molecule has 0 spiro atoms. The summed E-state index contributed by atoms with van der Waals surface area (Å²) in [5.74, 6) is 1.95. The molecule has 5 heteroatoms. The highest BCUT2D eigenvalue weighted by atomic mass is 79.9. The first kappa shape index (κ1) is 13.6. The monoisotopic (exact) mass is 374 g/mol. The standard InChI is InChI=1S/C13H12Br2O3/c1-7(16)11-3-4-12(18-11)8-5-13(17-2)10(15)6-9(8)14/h3-7,16H,1-2H3. The third kappa shape index (κ3) is 2.63. The number of ether oxygens (including phenoxy) is 1. The van der Waals surface area contributed by atoms with E-state index in [0.29, 0.717) is 11.5 Å². The second kappa shape index (κ2) is 5.47. The third-order valence-corrected chi connectivity index (χ3v) is 3.82. The van der Waals surface area contributed by atoms with Crippen molar-refractivity contribution >= 4 is 31.9 Å². The van der Waals surface area contributed by atoms with Crippen LogP contribution in [0, 0.1) is 0 Å². The molecule has 0 aliphatic rings. The van der Waals surface area contributed by atoms with Crippen LogP contribution >= 0.6 is 31.9 Å². The zero-order valence-electron chi connectivity index (χ0n) is 9.91. The van der Waals surface area contributed by atoms with E-state index in [4.69, 9.17) is 9.15 Å². The van der Waals surface area contributed by atoms with E-state index in [2.05, 4.69) is 31.9 Å². The number of hydrogen-bond acceptors (Lipinski definition) is 3. The van der Waals surface area contributed by atoms with Gasteiger partial charge in [-0.15, -0.1) is 0 Å². The van der Waals surface area contributed by atoms with Crippen LogP contribution in [0.25, 0.3) is 11.3 Å². The molecule has 2 aromatic rings. The first-order chi connectivity index (χ1) is 8.52. The van der Waals surface area contributed by atoms with E-state index in [1.165, 1.54) is 0 Å². The molecule has 18 heavy (non-hydrogen) atoms. The maximum atomic E-state index is 9.46. The number of aliphatic hydroxyl groups excluding tert-OH is 1. The Bertz CT molecular complexity index is 561. The highest BCUT2D eigenvalue weighted by Crippen LogP contribution is 2.38. The van der Waals surface area contributed by atoms with Crippen molar-refractivity contribution in [2.75, 3.05) is 7.11 Å². The summed E-state index contributed by atoms with van der Waals surface area (Å²) < 4.78 is 12.6. The van der Waals surface area contributed by atoms with Crippen molar-refractivity contribution in [2.45, 2.75) is 13.0 Å². The number of halogens is 2. The lowest BCUT2D eigenvalue weighted by molar-refractivity contribution is 0.170. The average molecular weight is 376 g/mol. The lowest BCUT2D eigenvalue weighted by atomic mass is 10.1. The number of methoxy groups -OCH3 is 1. The smallest absolute Gasteiger partial charge is 0.135 e. The lowest BCUT2D eigenvalue weighted by Gasteiger charge is -2.08. The molecule has 1 N–H and O–H groups in total. The van der Waals surface area contributed by atoms with E-state index in [-0.39, 0.29) is 0 Å². The fourth-order valence-electron chi connectivity index (χ4n) is 1.60. The van der Waals surface area contributed by atoms with E-state index in [1.807, 2.05) is 18.2 Å². The molecule has 0 saturated carbocycles. The normalized spacial score (nSPS) is 12.5. The predicted octanol–water partition coefficient (Wildman–Crippen LogP) is 4.53. The zero-order chi connectivity index (χ0) is 13.3. The van der Waals surface area contributed by atoms with Gasteiger partial charge < -0.3 is 14.3 Å². The van der Waals surface area contributed by atoms with E-state index >= 15 is 0 Å². The van der Waals surface area contributed by atoms with Crippen molar-refractivity contribution < 1.29 is 14.3 Å². The fraction of sp³-hybridized carbons (Fsp3) is 0.231. The second-order valence-electron chi connectivity index (χ2n) is 3.84. The van der Waals surface area contributed by atoms with Gasteiger partial charge in [0.15, 0.2) is 0 Å². The Kier molecular flexibility index (Phi) is 4.14. The van der Waals surface area contributed by atoms with E-state index in [1.54, 1.807) is 20.1 Å². The molecule has 3 nitrogen and oxygen atoms in total. The molecule has 0 fully saturated rings. The van der Waals surface area contributed by atoms with Gasteiger partial charge in [-0.3, -0.25) is 0 Å². The Morgan fingerprint density at radius 3 is 2.50 bits per heavy atom. The maximum absolute atomic E-state index is 9.46. The maximum Gasteiger partial charge on any atom is 0.135 e. The van der Waals surface area contributed by atoms with Gasteiger partial charge in [-0.25, -0.2) is 0 Å². The molecule has 0 bridgehead atoms. The first-order valence-electron chi connectivity index (χ1n) is 5.34. The van der Waals surface area contributed by atoms with Crippen LogP contribution < -0.4 is 4.74 Å². The van der Waals surface area contributed by atoms with Gasteiger partial charge in [0.2, 0.25) is 0 Å². The highest BCUT2D eigenvalue weighted by Gasteiger charge is 2.14. The summed E-state index contributed by atoms with van der Waals surface area (Å²) in [6.45, 7) is 1.67. The van der Waals surface area contributed by atoms with E-state index < -0.39 is 6.10 Å². The van der Waals surface area contributed by atoms with Gasteiger partial charge in [-0.2, -0.15) is 0 Å². The Morgan fingerprint density at radius 2 is 1.94 bits per heavy atom. The minimum atomic E-state index is -0.616. The van der Waals surface area contributed by atoms with Crippen molar-refractivity contribution in [1.29, 1.82) is 0 Å². The molecule has 1 heterocycles. The van der Waals surface area contributed by atoms with E-state index in [0.717, 1.165) is 20.3 Å². The lowest BCUT2D eigenvalue weighted by Crippen LogP contribution is -1.87. The molecule has 1 aromatic heterocycles. The largest absolute Gasteiger partial charge is 0.496 e. The molecule has 2 rings (SSSR count). The molecule has 0 radical (unpaired) electrons. The van der Waals surface area contributed by atoms with Gasteiger partial charge in [0.25, 0.3) is 0 Å². The molecule has 1 unspecified atom stereocenters. The zero-order valence-corrected chi connectivity index (χ0v) is 13.1. The Morgan fingerprint density at radius 1 is 1.22 bits per heavy atom. The molecular weight excluding hydrogens is 364 g/mol. The first-order valence-corrected chi connectivity index (χ1v) is 6.92. The predicted molar refractivity (Wildman–Crippen MR) is 76.7 cm³/mol. The summed E-state index contributed by atoms with van der Waals surface area (Å²) in [7, 11) is 1.61. The topological polar surface area (TPSA) is 42.6 Å². The molecule has 0 amide bonds. The van der Waals surface area contributed by atoms with Crippen LogP contribution in [-0.4, -0.2) is 12.2 Å². The van der Waals surface area contributed by atoms with Gasteiger partial charge in [0.1, 0.15) is 23.4 Å². The number of hydrogen-bond donors (Lipinski definition) is 1. The number of benzene rings is 1. The van der Waals surface area contributed by atoms with Crippen LogP contribution in [0.4, 0.5) is 0 Å². The van der Waals surface area contributed by atoms with Gasteiger partial charge >= 0.3 is 0 Å². The summed E-state index contributed by atoms with van der Waals surface area (Å²) in [6, 6.07) is 7.37. The third-order valence-electron chi connectivity index (χ3n) is 2.55. The summed E-state index contributed by atoms with van der Waals surface area (Å²) in [5.41, 5.74) is 0.877. The fourth-order valence-corrected chi connectivity index (χ4v) is 2.95. The van der Waals surface area contributed by atoms with Crippen LogP contribution in [0.2, 0.25) is 0 Å². The highest BCUT2D eigenvalue weighted by molar-refractivity contribution is 9.11. The van der Waals surface area contributed by atoms with Crippen molar-refractivity contribution in [3.63, 3.8) is 0 Å². The SMILES string of the molecule is COc1cc(-c2ccc(C(C)O)o2)c(Br)cc1Br. The minimum absolute atomic E-state index is 0.541. The molecule has 0 aliphatic heterocycles. The van der Waals surface area contributed by atoms with Crippen molar-refractivity contribution in [2.24, 2.45) is 0 Å². The van der Waals surface area contributed by atoms with Crippen molar-refractivity contribution in [3.8, 4) is 17.1 Å². The Labute approximate surface area is 122 Å². The molecule has 0 saturated heterocycles. The van der Waals surface area contributed by atoms with E-state index in [9.17, 15) is 5.11 Å². The summed E-state index contributed by atoms with van der Waals surface area (Å²) >= 11 is 6.90. The van der Waals surface area contributed by atoms with Crippen LogP contribution in [-0.2, 0) is 0 Å². The van der Waals surface area contributed by atoms with Crippen LogP contribution in [0.3, 0.4) is 0 Å². The van der Waals surface area contributed by atoms with Crippen molar-refractivity contribution in [3.05, 3.63) is 39.0 Å². The van der Waals surface area contributed by atoms with Gasteiger partial charge in [-0.1, -0.05) is 0 Å². The Balaban J connectivity index is 2.49. The average Bonchev–Trinajstić information content (AvgIpc) is 2.78. The van der Waals surface area contributed by atoms with Crippen LogP contribution in [0.15, 0.2) is 37.6 Å². The molecule has 0 aliphatic carbocycles. The van der Waals surface area contributed by atoms with Crippen LogP contribution in [0.1, 0.15) is 18.8 Å².